The highest BCUT2D eigenvalue weighted by molar-refractivity contribution is 4.84. The molecule has 0 aromatic carbocycles. The third kappa shape index (κ3) is 5.27. The Morgan fingerprint density at radius 2 is 1.94 bits per heavy atom. The molecular formula is C16H34N2. The molecule has 0 aliphatic carbocycles. The van der Waals surface area contributed by atoms with Crippen LogP contribution in [0.3, 0.4) is 0 Å². The van der Waals surface area contributed by atoms with Crippen molar-refractivity contribution in [3.05, 3.63) is 0 Å². The fourth-order valence-electron chi connectivity index (χ4n) is 2.93. The van der Waals surface area contributed by atoms with Gasteiger partial charge in [-0.25, -0.2) is 0 Å². The molecule has 0 saturated carbocycles. The lowest BCUT2D eigenvalue weighted by molar-refractivity contribution is 0.0890. The van der Waals surface area contributed by atoms with Gasteiger partial charge in [0, 0.05) is 24.7 Å². The molecule has 1 aliphatic rings. The number of rotatable bonds is 5. The molecule has 1 N–H and O–H groups in total. The lowest BCUT2D eigenvalue weighted by Gasteiger charge is -2.41. The first-order chi connectivity index (χ1) is 8.33. The zero-order chi connectivity index (χ0) is 13.8. The summed E-state index contributed by atoms with van der Waals surface area (Å²) in [5, 5.41) is 3.69. The summed E-state index contributed by atoms with van der Waals surface area (Å²) < 4.78 is 0. The Labute approximate surface area is 115 Å². The van der Waals surface area contributed by atoms with E-state index >= 15 is 0 Å². The van der Waals surface area contributed by atoms with Gasteiger partial charge in [0.25, 0.3) is 0 Å². The van der Waals surface area contributed by atoms with Crippen LogP contribution in [0.1, 0.15) is 60.8 Å². The summed E-state index contributed by atoms with van der Waals surface area (Å²) in [5.74, 6) is 1.66. The minimum Gasteiger partial charge on any atom is -0.311 e. The van der Waals surface area contributed by atoms with Gasteiger partial charge < -0.3 is 5.32 Å². The van der Waals surface area contributed by atoms with Crippen molar-refractivity contribution in [1.29, 1.82) is 0 Å². The Balaban J connectivity index is 2.55. The van der Waals surface area contributed by atoms with E-state index in [0.717, 1.165) is 18.4 Å². The average Bonchev–Trinajstić information content (AvgIpc) is 2.27. The molecule has 1 saturated heterocycles. The third-order valence-electron chi connectivity index (χ3n) is 4.21. The van der Waals surface area contributed by atoms with Gasteiger partial charge in [-0.3, -0.25) is 4.90 Å². The third-order valence-corrected chi connectivity index (χ3v) is 4.21. The topological polar surface area (TPSA) is 15.3 Å². The lowest BCUT2D eigenvalue weighted by Crippen LogP contribution is -2.52. The zero-order valence-corrected chi connectivity index (χ0v) is 13.4. The minimum atomic E-state index is 0.229. The van der Waals surface area contributed by atoms with Gasteiger partial charge in [0.2, 0.25) is 0 Å². The van der Waals surface area contributed by atoms with Gasteiger partial charge in [-0.1, -0.05) is 27.2 Å². The number of nitrogens with zero attached hydrogens (tertiary/aromatic N) is 1. The summed E-state index contributed by atoms with van der Waals surface area (Å²) in [6.45, 7) is 17.6. The van der Waals surface area contributed by atoms with Crippen molar-refractivity contribution >= 4 is 0 Å². The lowest BCUT2D eigenvalue weighted by atomic mass is 9.91. The SMILES string of the molecule is CCC1CCCN(C(CNC(C)(C)C)C(C)C)C1. The van der Waals surface area contributed by atoms with Gasteiger partial charge in [-0.05, 0) is 52.0 Å². The molecule has 1 fully saturated rings. The van der Waals surface area contributed by atoms with E-state index in [2.05, 4.69) is 51.8 Å². The van der Waals surface area contributed by atoms with Crippen molar-refractivity contribution in [3.8, 4) is 0 Å². The molecule has 0 aromatic heterocycles. The second-order valence-corrected chi connectivity index (χ2v) is 7.35. The van der Waals surface area contributed by atoms with Crippen LogP contribution >= 0.6 is 0 Å². The number of piperidine rings is 1. The van der Waals surface area contributed by atoms with E-state index in [1.54, 1.807) is 0 Å². The first kappa shape index (κ1) is 16.0. The maximum absolute atomic E-state index is 3.69. The summed E-state index contributed by atoms with van der Waals surface area (Å²) in [5.41, 5.74) is 0.229. The average molecular weight is 254 g/mol. The molecule has 1 heterocycles. The monoisotopic (exact) mass is 254 g/mol. The fourth-order valence-corrected chi connectivity index (χ4v) is 2.93. The molecule has 108 valence electrons. The molecule has 2 atom stereocenters. The Morgan fingerprint density at radius 1 is 1.28 bits per heavy atom. The Kier molecular flexibility index (Phi) is 6.13. The summed E-state index contributed by atoms with van der Waals surface area (Å²) in [4.78, 5) is 2.74. The Hall–Kier alpha value is -0.0800. The van der Waals surface area contributed by atoms with Gasteiger partial charge in [0.05, 0.1) is 0 Å². The van der Waals surface area contributed by atoms with Crippen molar-refractivity contribution < 1.29 is 0 Å². The molecule has 0 radical (unpaired) electrons. The van der Waals surface area contributed by atoms with Crippen LogP contribution in [0.4, 0.5) is 0 Å². The number of likely N-dealkylation sites (tertiary alicyclic amines) is 1. The minimum absolute atomic E-state index is 0.229. The molecule has 1 aliphatic heterocycles. The second kappa shape index (κ2) is 6.91. The summed E-state index contributed by atoms with van der Waals surface area (Å²) in [6, 6.07) is 0.693. The second-order valence-electron chi connectivity index (χ2n) is 7.35. The van der Waals surface area contributed by atoms with Crippen LogP contribution in [0.2, 0.25) is 0 Å². The predicted octanol–water partition coefficient (Wildman–Crippen LogP) is 3.52. The van der Waals surface area contributed by atoms with E-state index in [9.17, 15) is 0 Å². The first-order valence-electron chi connectivity index (χ1n) is 7.82. The van der Waals surface area contributed by atoms with Gasteiger partial charge in [-0.15, -0.1) is 0 Å². The van der Waals surface area contributed by atoms with E-state index in [1.165, 1.54) is 32.4 Å². The molecule has 0 aromatic rings. The zero-order valence-electron chi connectivity index (χ0n) is 13.4. The number of hydrogen-bond acceptors (Lipinski definition) is 2. The molecule has 2 unspecified atom stereocenters. The van der Waals surface area contributed by atoms with Crippen LogP contribution in [0.15, 0.2) is 0 Å². The maximum atomic E-state index is 3.69. The number of hydrogen-bond donors (Lipinski definition) is 1. The van der Waals surface area contributed by atoms with Crippen LogP contribution in [-0.2, 0) is 0 Å². The summed E-state index contributed by atoms with van der Waals surface area (Å²) in [6.07, 6.45) is 4.16. The highest BCUT2D eigenvalue weighted by Gasteiger charge is 2.27. The van der Waals surface area contributed by atoms with Crippen molar-refractivity contribution in [2.24, 2.45) is 11.8 Å². The van der Waals surface area contributed by atoms with Gasteiger partial charge in [0.15, 0.2) is 0 Å². The Bertz CT molecular complexity index is 230. The van der Waals surface area contributed by atoms with Crippen molar-refractivity contribution in [2.45, 2.75) is 72.4 Å². The summed E-state index contributed by atoms with van der Waals surface area (Å²) >= 11 is 0. The number of nitrogens with one attached hydrogen (secondary N) is 1. The maximum Gasteiger partial charge on any atom is 0.0243 e. The molecule has 0 spiro atoms. The molecule has 0 bridgehead atoms. The van der Waals surface area contributed by atoms with Crippen LogP contribution in [0, 0.1) is 11.8 Å². The van der Waals surface area contributed by atoms with Crippen LogP contribution in [0.5, 0.6) is 0 Å². The molecule has 18 heavy (non-hydrogen) atoms. The van der Waals surface area contributed by atoms with E-state index in [-0.39, 0.29) is 5.54 Å². The van der Waals surface area contributed by atoms with Crippen molar-refractivity contribution in [2.75, 3.05) is 19.6 Å². The van der Waals surface area contributed by atoms with Crippen LogP contribution < -0.4 is 5.32 Å². The standard InChI is InChI=1S/C16H34N2/c1-7-14-9-8-10-18(12-14)15(13(2)3)11-17-16(4,5)6/h13-15,17H,7-12H2,1-6H3. The highest BCUT2D eigenvalue weighted by Crippen LogP contribution is 2.23. The van der Waals surface area contributed by atoms with E-state index in [0.29, 0.717) is 6.04 Å². The fraction of sp³-hybridized carbons (Fsp3) is 1.00. The molecule has 2 nitrogen and oxygen atoms in total. The highest BCUT2D eigenvalue weighted by atomic mass is 15.2. The van der Waals surface area contributed by atoms with Crippen molar-refractivity contribution in [1.82, 2.24) is 10.2 Å². The van der Waals surface area contributed by atoms with E-state index < -0.39 is 0 Å². The Morgan fingerprint density at radius 3 is 2.44 bits per heavy atom. The molecule has 0 amide bonds. The van der Waals surface area contributed by atoms with Crippen molar-refractivity contribution in [3.63, 3.8) is 0 Å². The van der Waals surface area contributed by atoms with Gasteiger partial charge in [0.1, 0.15) is 0 Å². The van der Waals surface area contributed by atoms with E-state index in [4.69, 9.17) is 0 Å². The first-order valence-corrected chi connectivity index (χ1v) is 7.82. The van der Waals surface area contributed by atoms with Gasteiger partial charge >= 0.3 is 0 Å². The smallest absolute Gasteiger partial charge is 0.0243 e. The van der Waals surface area contributed by atoms with E-state index in [1.807, 2.05) is 0 Å². The predicted molar refractivity (Wildman–Crippen MR) is 81.0 cm³/mol. The summed E-state index contributed by atoms with van der Waals surface area (Å²) in [7, 11) is 0. The largest absolute Gasteiger partial charge is 0.311 e. The quantitative estimate of drug-likeness (QED) is 0.807. The molecule has 1 rings (SSSR count). The molecular weight excluding hydrogens is 220 g/mol. The molecule has 2 heteroatoms. The van der Waals surface area contributed by atoms with Crippen LogP contribution in [-0.4, -0.2) is 36.1 Å². The van der Waals surface area contributed by atoms with Gasteiger partial charge in [-0.2, -0.15) is 0 Å². The normalized spacial score (nSPS) is 24.5. The van der Waals surface area contributed by atoms with Crippen LogP contribution in [0.25, 0.3) is 0 Å².